The highest BCUT2D eigenvalue weighted by molar-refractivity contribution is 7.09. The third kappa shape index (κ3) is 5.30. The van der Waals surface area contributed by atoms with Gasteiger partial charge in [-0.15, -0.1) is 11.3 Å². The van der Waals surface area contributed by atoms with Crippen LogP contribution in [0.1, 0.15) is 18.7 Å². The van der Waals surface area contributed by atoms with Crippen molar-refractivity contribution in [2.75, 3.05) is 20.2 Å². The predicted octanol–water partition coefficient (Wildman–Crippen LogP) is 1.79. The Labute approximate surface area is 117 Å². The molecule has 0 fully saturated rings. The molecule has 6 heteroatoms. The maximum atomic E-state index is 11.6. The maximum Gasteiger partial charge on any atom is 0.314 e. The summed E-state index contributed by atoms with van der Waals surface area (Å²) < 4.78 is 4.67. The first-order valence-electron chi connectivity index (χ1n) is 6.08. The van der Waals surface area contributed by atoms with Gasteiger partial charge in [0, 0.05) is 18.0 Å². The Bertz CT molecular complexity index is 416. The first-order valence-corrected chi connectivity index (χ1v) is 6.96. The fourth-order valence-corrected chi connectivity index (χ4v) is 2.18. The Kier molecular flexibility index (Phi) is 5.82. The predicted molar refractivity (Wildman–Crippen MR) is 75.2 cm³/mol. The summed E-state index contributed by atoms with van der Waals surface area (Å²) in [6.07, 6.45) is 0.811. The van der Waals surface area contributed by atoms with Crippen LogP contribution in [-0.2, 0) is 16.0 Å². The molecule has 1 aromatic rings. The smallest absolute Gasteiger partial charge is 0.314 e. The molecule has 106 valence electrons. The molecule has 0 aliphatic carbocycles. The number of hydrogen-bond donors (Lipinski definition) is 2. The van der Waals surface area contributed by atoms with Crippen LogP contribution in [0, 0.1) is 5.41 Å². The van der Waals surface area contributed by atoms with E-state index in [9.17, 15) is 9.59 Å². The molecule has 5 nitrogen and oxygen atoms in total. The molecule has 2 N–H and O–H groups in total. The van der Waals surface area contributed by atoms with Gasteiger partial charge in [-0.2, -0.15) is 0 Å². The van der Waals surface area contributed by atoms with Crippen LogP contribution in [0.5, 0.6) is 0 Å². The molecule has 0 radical (unpaired) electrons. The molecule has 0 aliphatic heterocycles. The van der Waals surface area contributed by atoms with E-state index in [1.54, 1.807) is 25.2 Å². The van der Waals surface area contributed by atoms with Crippen LogP contribution in [0.15, 0.2) is 17.5 Å². The van der Waals surface area contributed by atoms with Crippen LogP contribution in [0.2, 0.25) is 0 Å². The van der Waals surface area contributed by atoms with Crippen LogP contribution in [-0.4, -0.2) is 32.2 Å². The first-order chi connectivity index (χ1) is 8.95. The number of esters is 1. The van der Waals surface area contributed by atoms with Gasteiger partial charge in [0.25, 0.3) is 0 Å². The Morgan fingerprint density at radius 2 is 2.11 bits per heavy atom. The van der Waals surface area contributed by atoms with E-state index in [0.717, 1.165) is 6.42 Å². The first kappa shape index (κ1) is 15.5. The molecule has 1 aromatic heterocycles. The maximum absolute atomic E-state index is 11.6. The lowest BCUT2D eigenvalue weighted by molar-refractivity contribution is -0.150. The van der Waals surface area contributed by atoms with E-state index in [4.69, 9.17) is 0 Å². The van der Waals surface area contributed by atoms with Gasteiger partial charge >= 0.3 is 12.0 Å². The van der Waals surface area contributed by atoms with E-state index in [1.165, 1.54) is 12.0 Å². The molecule has 0 bridgehead atoms. The van der Waals surface area contributed by atoms with Crippen molar-refractivity contribution in [1.82, 2.24) is 10.6 Å². The lowest BCUT2D eigenvalue weighted by Gasteiger charge is -2.21. The molecule has 1 heterocycles. The van der Waals surface area contributed by atoms with Crippen LogP contribution in [0.4, 0.5) is 4.79 Å². The van der Waals surface area contributed by atoms with Crippen molar-refractivity contribution in [3.63, 3.8) is 0 Å². The second kappa shape index (κ2) is 7.13. The van der Waals surface area contributed by atoms with Crippen LogP contribution in [0.25, 0.3) is 0 Å². The quantitative estimate of drug-likeness (QED) is 0.783. The standard InChI is InChI=1S/C13H20N2O3S/c1-13(2,11(16)18-3)9-15-12(17)14-7-6-10-5-4-8-19-10/h4-5,8H,6-7,9H2,1-3H3,(H2,14,15,17). The highest BCUT2D eigenvalue weighted by atomic mass is 32.1. The zero-order valence-corrected chi connectivity index (χ0v) is 12.3. The number of rotatable bonds is 6. The fourth-order valence-electron chi connectivity index (χ4n) is 1.47. The minimum Gasteiger partial charge on any atom is -0.469 e. The summed E-state index contributed by atoms with van der Waals surface area (Å²) in [4.78, 5) is 24.2. The molecule has 0 atom stereocenters. The lowest BCUT2D eigenvalue weighted by atomic mass is 9.94. The van der Waals surface area contributed by atoms with Crippen molar-refractivity contribution in [2.24, 2.45) is 5.41 Å². The normalized spacial score (nSPS) is 10.9. The van der Waals surface area contributed by atoms with Crippen molar-refractivity contribution < 1.29 is 14.3 Å². The van der Waals surface area contributed by atoms with E-state index < -0.39 is 5.41 Å². The molecule has 2 amide bonds. The van der Waals surface area contributed by atoms with Crippen molar-refractivity contribution in [1.29, 1.82) is 0 Å². The number of urea groups is 1. The zero-order valence-electron chi connectivity index (χ0n) is 11.5. The molecular formula is C13H20N2O3S. The second-order valence-corrected chi connectivity index (χ2v) is 5.85. The van der Waals surface area contributed by atoms with Gasteiger partial charge < -0.3 is 15.4 Å². The topological polar surface area (TPSA) is 67.4 Å². The monoisotopic (exact) mass is 284 g/mol. The molecule has 0 spiro atoms. The van der Waals surface area contributed by atoms with E-state index in [1.807, 2.05) is 17.5 Å². The molecule has 0 saturated heterocycles. The third-order valence-corrected chi connectivity index (χ3v) is 3.60. The number of amides is 2. The summed E-state index contributed by atoms with van der Waals surface area (Å²) in [5.74, 6) is -0.341. The number of ether oxygens (including phenoxy) is 1. The Morgan fingerprint density at radius 1 is 1.37 bits per heavy atom. The van der Waals surface area contributed by atoms with Gasteiger partial charge in [-0.25, -0.2) is 4.79 Å². The average molecular weight is 284 g/mol. The third-order valence-electron chi connectivity index (χ3n) is 2.67. The minimum atomic E-state index is -0.722. The highest BCUT2D eigenvalue weighted by Gasteiger charge is 2.28. The molecule has 0 unspecified atom stereocenters. The SMILES string of the molecule is COC(=O)C(C)(C)CNC(=O)NCCc1cccs1. The lowest BCUT2D eigenvalue weighted by Crippen LogP contribution is -2.44. The van der Waals surface area contributed by atoms with Gasteiger partial charge in [-0.05, 0) is 31.7 Å². The number of nitrogens with one attached hydrogen (secondary N) is 2. The summed E-state index contributed by atoms with van der Waals surface area (Å²) in [5, 5.41) is 7.43. The summed E-state index contributed by atoms with van der Waals surface area (Å²) in [7, 11) is 1.34. The highest BCUT2D eigenvalue weighted by Crippen LogP contribution is 2.15. The second-order valence-electron chi connectivity index (χ2n) is 4.81. The van der Waals surface area contributed by atoms with E-state index in [-0.39, 0.29) is 18.5 Å². The van der Waals surface area contributed by atoms with Crippen molar-refractivity contribution >= 4 is 23.3 Å². The van der Waals surface area contributed by atoms with Crippen molar-refractivity contribution in [3.8, 4) is 0 Å². The fraction of sp³-hybridized carbons (Fsp3) is 0.538. The molecule has 1 rings (SSSR count). The van der Waals surface area contributed by atoms with Gasteiger partial charge in [0.2, 0.25) is 0 Å². The van der Waals surface area contributed by atoms with Gasteiger partial charge in [-0.1, -0.05) is 6.07 Å². The summed E-state index contributed by atoms with van der Waals surface area (Å²) in [6.45, 7) is 4.27. The molecular weight excluding hydrogens is 264 g/mol. The number of carbonyl (C=O) groups is 2. The largest absolute Gasteiger partial charge is 0.469 e. The van der Waals surface area contributed by atoms with Crippen LogP contribution >= 0.6 is 11.3 Å². The molecule has 0 aromatic carbocycles. The number of hydrogen-bond acceptors (Lipinski definition) is 4. The molecule has 19 heavy (non-hydrogen) atoms. The molecule has 0 saturated carbocycles. The van der Waals surface area contributed by atoms with E-state index in [0.29, 0.717) is 6.54 Å². The van der Waals surface area contributed by atoms with Gasteiger partial charge in [0.15, 0.2) is 0 Å². The number of methoxy groups -OCH3 is 1. The molecule has 0 aliphatic rings. The summed E-state index contributed by atoms with van der Waals surface area (Å²) in [5.41, 5.74) is -0.722. The zero-order chi connectivity index (χ0) is 14.3. The van der Waals surface area contributed by atoms with E-state index in [2.05, 4.69) is 15.4 Å². The van der Waals surface area contributed by atoms with Gasteiger partial charge in [0.1, 0.15) is 0 Å². The van der Waals surface area contributed by atoms with Gasteiger partial charge in [-0.3, -0.25) is 4.79 Å². The van der Waals surface area contributed by atoms with Crippen LogP contribution < -0.4 is 10.6 Å². The summed E-state index contributed by atoms with van der Waals surface area (Å²) >= 11 is 1.67. The van der Waals surface area contributed by atoms with Crippen molar-refractivity contribution in [2.45, 2.75) is 20.3 Å². The number of thiophene rings is 1. The van der Waals surface area contributed by atoms with Gasteiger partial charge in [0.05, 0.1) is 12.5 Å². The Morgan fingerprint density at radius 3 is 2.68 bits per heavy atom. The van der Waals surface area contributed by atoms with Crippen LogP contribution in [0.3, 0.4) is 0 Å². The Hall–Kier alpha value is -1.56. The van der Waals surface area contributed by atoms with E-state index >= 15 is 0 Å². The minimum absolute atomic E-state index is 0.241. The average Bonchev–Trinajstić information content (AvgIpc) is 2.88. The van der Waals surface area contributed by atoms with Crippen molar-refractivity contribution in [3.05, 3.63) is 22.4 Å². The Balaban J connectivity index is 2.22. The summed E-state index contributed by atoms with van der Waals surface area (Å²) in [6, 6.07) is 3.75. The number of carbonyl (C=O) groups excluding carboxylic acids is 2.